The minimum Gasteiger partial charge on any atom is -0.480 e. The van der Waals surface area contributed by atoms with Gasteiger partial charge in [-0.2, -0.15) is 10.2 Å². The Bertz CT molecular complexity index is 646. The molecule has 2 N–H and O–H groups in total. The quantitative estimate of drug-likeness (QED) is 0.796. The highest BCUT2D eigenvalue weighted by Crippen LogP contribution is 2.00. The molecule has 2 heterocycles. The van der Waals surface area contributed by atoms with Crippen molar-refractivity contribution in [3.8, 4) is 0 Å². The maximum Gasteiger partial charge on any atom is 0.325 e. The Kier molecular flexibility index (Phi) is 4.36. The molecule has 0 spiro atoms. The molecular weight excluding hydrogens is 274 g/mol. The van der Waals surface area contributed by atoms with Gasteiger partial charge in [0.1, 0.15) is 6.54 Å². The number of hydrogen-bond donors (Lipinski definition) is 2. The minimum absolute atomic E-state index is 0.111. The molecule has 8 nitrogen and oxygen atoms in total. The van der Waals surface area contributed by atoms with Gasteiger partial charge < -0.3 is 10.4 Å². The zero-order chi connectivity index (χ0) is 15.4. The molecule has 1 amide bonds. The predicted octanol–water partition coefficient (Wildman–Crippen LogP) is 0.291. The van der Waals surface area contributed by atoms with E-state index >= 15 is 0 Å². The van der Waals surface area contributed by atoms with Crippen molar-refractivity contribution in [1.82, 2.24) is 24.9 Å². The van der Waals surface area contributed by atoms with E-state index in [9.17, 15) is 9.59 Å². The number of nitrogens with one attached hydrogen (secondary N) is 1. The number of carboxylic acids is 1. The van der Waals surface area contributed by atoms with Gasteiger partial charge in [0.15, 0.2) is 0 Å². The van der Waals surface area contributed by atoms with Crippen molar-refractivity contribution >= 4 is 11.9 Å². The molecule has 0 aliphatic carbocycles. The Hall–Kier alpha value is -2.64. The average molecular weight is 291 g/mol. The highest BCUT2D eigenvalue weighted by Gasteiger charge is 2.13. The summed E-state index contributed by atoms with van der Waals surface area (Å²) in [6.45, 7) is 4.06. The first-order chi connectivity index (χ1) is 9.94. The van der Waals surface area contributed by atoms with E-state index in [1.54, 1.807) is 4.68 Å². The van der Waals surface area contributed by atoms with E-state index in [-0.39, 0.29) is 18.5 Å². The molecule has 2 aromatic rings. The lowest BCUT2D eigenvalue weighted by atomic mass is 10.3. The molecule has 0 aliphatic heterocycles. The summed E-state index contributed by atoms with van der Waals surface area (Å²) in [5.41, 5.74) is 1.25. The van der Waals surface area contributed by atoms with Crippen LogP contribution in [-0.2, 0) is 17.9 Å². The number of carboxylic acid groups (broad SMARTS) is 1. The van der Waals surface area contributed by atoms with Crippen LogP contribution < -0.4 is 5.32 Å². The Labute approximate surface area is 121 Å². The SMILES string of the molecule is Cc1ccn(CC(C)NC(=O)c2cnn(CC(=O)O)c2)n1. The van der Waals surface area contributed by atoms with Crippen molar-refractivity contribution in [2.75, 3.05) is 0 Å². The van der Waals surface area contributed by atoms with Gasteiger partial charge in [0.25, 0.3) is 5.91 Å². The molecule has 1 unspecified atom stereocenters. The van der Waals surface area contributed by atoms with Gasteiger partial charge >= 0.3 is 5.97 Å². The molecule has 2 rings (SSSR count). The normalized spacial score (nSPS) is 12.1. The van der Waals surface area contributed by atoms with E-state index < -0.39 is 5.97 Å². The van der Waals surface area contributed by atoms with Gasteiger partial charge in [-0.25, -0.2) is 0 Å². The van der Waals surface area contributed by atoms with E-state index in [4.69, 9.17) is 5.11 Å². The van der Waals surface area contributed by atoms with Crippen molar-refractivity contribution < 1.29 is 14.7 Å². The van der Waals surface area contributed by atoms with Gasteiger partial charge in [0.2, 0.25) is 0 Å². The second kappa shape index (κ2) is 6.21. The van der Waals surface area contributed by atoms with Gasteiger partial charge in [0.05, 0.1) is 24.0 Å². The summed E-state index contributed by atoms with van der Waals surface area (Å²) in [4.78, 5) is 22.6. The average Bonchev–Trinajstić information content (AvgIpc) is 2.98. The van der Waals surface area contributed by atoms with Crippen LogP contribution in [0.1, 0.15) is 23.0 Å². The van der Waals surface area contributed by atoms with Crippen LogP contribution in [0.5, 0.6) is 0 Å². The van der Waals surface area contributed by atoms with Gasteiger partial charge in [0, 0.05) is 18.4 Å². The summed E-state index contributed by atoms with van der Waals surface area (Å²) in [6.07, 6.45) is 4.61. The Balaban J connectivity index is 1.91. The summed E-state index contributed by atoms with van der Waals surface area (Å²) in [6, 6.07) is 1.78. The number of rotatable bonds is 6. The van der Waals surface area contributed by atoms with Crippen molar-refractivity contribution in [2.45, 2.75) is 33.0 Å². The van der Waals surface area contributed by atoms with Crippen molar-refractivity contribution in [1.29, 1.82) is 0 Å². The van der Waals surface area contributed by atoms with Crippen LogP contribution in [-0.4, -0.2) is 42.6 Å². The zero-order valence-electron chi connectivity index (χ0n) is 11.9. The van der Waals surface area contributed by atoms with Gasteiger partial charge in [-0.15, -0.1) is 0 Å². The number of carbonyl (C=O) groups excluding carboxylic acids is 1. The molecule has 21 heavy (non-hydrogen) atoms. The molecule has 0 aliphatic rings. The monoisotopic (exact) mass is 291 g/mol. The molecule has 0 saturated heterocycles. The Morgan fingerprint density at radius 3 is 2.81 bits per heavy atom. The highest BCUT2D eigenvalue weighted by atomic mass is 16.4. The molecule has 112 valence electrons. The molecular formula is C13H17N5O3. The highest BCUT2D eigenvalue weighted by molar-refractivity contribution is 5.93. The summed E-state index contributed by atoms with van der Waals surface area (Å²) < 4.78 is 2.97. The molecule has 0 fully saturated rings. The standard InChI is InChI=1S/C13H17N5O3/c1-9-3-4-17(16-9)6-10(2)15-13(21)11-5-14-18(7-11)8-12(19)20/h3-5,7,10H,6,8H2,1-2H3,(H,15,21)(H,19,20). The maximum atomic E-state index is 12.0. The minimum atomic E-state index is -1.01. The first-order valence-electron chi connectivity index (χ1n) is 6.49. The van der Waals surface area contributed by atoms with E-state index in [1.165, 1.54) is 17.1 Å². The molecule has 0 aromatic carbocycles. The van der Waals surface area contributed by atoms with Crippen LogP contribution in [0.3, 0.4) is 0 Å². The largest absolute Gasteiger partial charge is 0.480 e. The molecule has 0 radical (unpaired) electrons. The number of aliphatic carboxylic acids is 1. The third-order valence-electron chi connectivity index (χ3n) is 2.81. The van der Waals surface area contributed by atoms with Crippen LogP contribution in [0.4, 0.5) is 0 Å². The first kappa shape index (κ1) is 14.8. The van der Waals surface area contributed by atoms with Gasteiger partial charge in [-0.05, 0) is 19.9 Å². The second-order valence-corrected chi connectivity index (χ2v) is 4.87. The summed E-state index contributed by atoms with van der Waals surface area (Å²) in [5, 5.41) is 19.6. The number of aromatic nitrogens is 4. The topological polar surface area (TPSA) is 102 Å². The summed E-state index contributed by atoms with van der Waals surface area (Å²) >= 11 is 0. The van der Waals surface area contributed by atoms with Crippen LogP contribution >= 0.6 is 0 Å². The second-order valence-electron chi connectivity index (χ2n) is 4.87. The van der Waals surface area contributed by atoms with Crippen molar-refractivity contribution in [2.24, 2.45) is 0 Å². The van der Waals surface area contributed by atoms with Crippen LogP contribution in [0.2, 0.25) is 0 Å². The summed E-state index contributed by atoms with van der Waals surface area (Å²) in [5.74, 6) is -1.30. The molecule has 1 atom stereocenters. The smallest absolute Gasteiger partial charge is 0.325 e. The van der Waals surface area contributed by atoms with Crippen LogP contribution in [0, 0.1) is 6.92 Å². The number of nitrogens with zero attached hydrogens (tertiary/aromatic N) is 4. The zero-order valence-corrected chi connectivity index (χ0v) is 11.9. The fourth-order valence-electron chi connectivity index (χ4n) is 1.90. The molecule has 0 bridgehead atoms. The summed E-state index contributed by atoms with van der Waals surface area (Å²) in [7, 11) is 0. The lowest BCUT2D eigenvalue weighted by Gasteiger charge is -2.13. The Morgan fingerprint density at radius 2 is 2.19 bits per heavy atom. The van der Waals surface area contributed by atoms with E-state index in [2.05, 4.69) is 15.5 Å². The van der Waals surface area contributed by atoms with Gasteiger partial charge in [-0.3, -0.25) is 19.0 Å². The lowest BCUT2D eigenvalue weighted by molar-refractivity contribution is -0.137. The molecule has 8 heteroatoms. The van der Waals surface area contributed by atoms with E-state index in [0.29, 0.717) is 12.1 Å². The molecule has 0 saturated carbocycles. The number of amides is 1. The molecule has 2 aromatic heterocycles. The number of carbonyl (C=O) groups is 2. The lowest BCUT2D eigenvalue weighted by Crippen LogP contribution is -2.35. The van der Waals surface area contributed by atoms with Crippen LogP contribution in [0.25, 0.3) is 0 Å². The number of aryl methyl sites for hydroxylation is 1. The fraction of sp³-hybridized carbons (Fsp3) is 0.385. The fourth-order valence-corrected chi connectivity index (χ4v) is 1.90. The third kappa shape index (κ3) is 4.16. The van der Waals surface area contributed by atoms with Crippen molar-refractivity contribution in [3.63, 3.8) is 0 Å². The number of hydrogen-bond acceptors (Lipinski definition) is 4. The van der Waals surface area contributed by atoms with Crippen LogP contribution in [0.15, 0.2) is 24.7 Å². The first-order valence-corrected chi connectivity index (χ1v) is 6.49. The van der Waals surface area contributed by atoms with E-state index in [0.717, 1.165) is 5.69 Å². The Morgan fingerprint density at radius 1 is 1.43 bits per heavy atom. The maximum absolute atomic E-state index is 12.0. The predicted molar refractivity (Wildman–Crippen MR) is 73.8 cm³/mol. The van der Waals surface area contributed by atoms with E-state index in [1.807, 2.05) is 26.1 Å². The van der Waals surface area contributed by atoms with Crippen molar-refractivity contribution in [3.05, 3.63) is 35.9 Å². The third-order valence-corrected chi connectivity index (χ3v) is 2.81. The van der Waals surface area contributed by atoms with Gasteiger partial charge in [-0.1, -0.05) is 0 Å².